The quantitative estimate of drug-likeness (QED) is 0.932. The third kappa shape index (κ3) is 2.46. The second-order valence-corrected chi connectivity index (χ2v) is 4.70. The standard InChI is InChI=1S/C13H14ClN3O3/c1-3-17-10(11(14)8(2)15-17)7-16-6-4-5-9(12(16)18)13(19)20/h4-6H,3,7H2,1-2H3,(H,19,20). The lowest BCUT2D eigenvalue weighted by molar-refractivity contribution is 0.0694. The van der Waals surface area contributed by atoms with E-state index in [1.807, 2.05) is 6.92 Å². The Hall–Kier alpha value is -2.08. The fourth-order valence-corrected chi connectivity index (χ4v) is 2.20. The Morgan fingerprint density at radius 1 is 1.50 bits per heavy atom. The van der Waals surface area contributed by atoms with Crippen LogP contribution in [0.4, 0.5) is 0 Å². The monoisotopic (exact) mass is 295 g/mol. The highest BCUT2D eigenvalue weighted by Gasteiger charge is 2.15. The molecule has 20 heavy (non-hydrogen) atoms. The fourth-order valence-electron chi connectivity index (χ4n) is 2.01. The predicted octanol–water partition coefficient (Wildman–Crippen LogP) is 1.77. The third-order valence-electron chi connectivity index (χ3n) is 3.02. The van der Waals surface area contributed by atoms with E-state index in [2.05, 4.69) is 5.10 Å². The molecule has 0 radical (unpaired) electrons. The van der Waals surface area contributed by atoms with Gasteiger partial charge in [-0.1, -0.05) is 11.6 Å². The van der Waals surface area contributed by atoms with Crippen LogP contribution in [0.5, 0.6) is 0 Å². The first kappa shape index (κ1) is 14.3. The van der Waals surface area contributed by atoms with Crippen LogP contribution in [0.3, 0.4) is 0 Å². The van der Waals surface area contributed by atoms with E-state index in [4.69, 9.17) is 16.7 Å². The van der Waals surface area contributed by atoms with Crippen LogP contribution in [-0.2, 0) is 13.1 Å². The van der Waals surface area contributed by atoms with Gasteiger partial charge in [0.25, 0.3) is 5.56 Å². The van der Waals surface area contributed by atoms with Crippen molar-refractivity contribution in [3.63, 3.8) is 0 Å². The van der Waals surface area contributed by atoms with Gasteiger partial charge in [-0.25, -0.2) is 4.79 Å². The smallest absolute Gasteiger partial charge is 0.341 e. The van der Waals surface area contributed by atoms with E-state index in [0.29, 0.717) is 23.0 Å². The number of aromatic nitrogens is 3. The van der Waals surface area contributed by atoms with Gasteiger partial charge in [-0.3, -0.25) is 9.48 Å². The molecule has 0 unspecified atom stereocenters. The minimum atomic E-state index is -1.24. The zero-order valence-corrected chi connectivity index (χ0v) is 11.9. The number of aryl methyl sites for hydroxylation is 2. The zero-order valence-electron chi connectivity index (χ0n) is 11.1. The number of nitrogens with zero attached hydrogens (tertiary/aromatic N) is 3. The summed E-state index contributed by atoms with van der Waals surface area (Å²) in [7, 11) is 0. The first-order chi connectivity index (χ1) is 9.45. The van der Waals surface area contributed by atoms with Crippen molar-refractivity contribution in [1.82, 2.24) is 14.3 Å². The molecule has 1 N–H and O–H groups in total. The number of halogens is 1. The highest BCUT2D eigenvalue weighted by molar-refractivity contribution is 6.31. The summed E-state index contributed by atoms with van der Waals surface area (Å²) in [4.78, 5) is 23.0. The molecule has 2 heterocycles. The van der Waals surface area contributed by atoms with Gasteiger partial charge in [-0.15, -0.1) is 0 Å². The van der Waals surface area contributed by atoms with Crippen molar-refractivity contribution >= 4 is 17.6 Å². The van der Waals surface area contributed by atoms with Gasteiger partial charge < -0.3 is 9.67 Å². The molecule has 0 aromatic carbocycles. The van der Waals surface area contributed by atoms with E-state index < -0.39 is 11.5 Å². The van der Waals surface area contributed by atoms with Crippen LogP contribution in [0.15, 0.2) is 23.1 Å². The Kier molecular flexibility index (Phi) is 3.94. The van der Waals surface area contributed by atoms with Crippen LogP contribution in [0.2, 0.25) is 5.02 Å². The molecule has 2 aromatic heterocycles. The molecule has 0 aliphatic rings. The van der Waals surface area contributed by atoms with E-state index >= 15 is 0 Å². The Morgan fingerprint density at radius 2 is 2.20 bits per heavy atom. The van der Waals surface area contributed by atoms with Crippen LogP contribution < -0.4 is 5.56 Å². The Labute approximate surface area is 120 Å². The summed E-state index contributed by atoms with van der Waals surface area (Å²) in [6, 6.07) is 2.81. The van der Waals surface area contributed by atoms with E-state index in [9.17, 15) is 9.59 Å². The summed E-state index contributed by atoms with van der Waals surface area (Å²) in [5, 5.41) is 13.7. The van der Waals surface area contributed by atoms with Gasteiger partial charge in [0.05, 0.1) is 23.0 Å². The number of hydrogen-bond donors (Lipinski definition) is 1. The molecule has 0 saturated heterocycles. The van der Waals surface area contributed by atoms with Crippen LogP contribution in [0, 0.1) is 6.92 Å². The molecule has 2 aromatic rings. The van der Waals surface area contributed by atoms with E-state index in [1.54, 1.807) is 11.6 Å². The highest BCUT2D eigenvalue weighted by Crippen LogP contribution is 2.20. The molecule has 0 aliphatic heterocycles. The normalized spacial score (nSPS) is 10.8. The van der Waals surface area contributed by atoms with Gasteiger partial charge in [0.15, 0.2) is 0 Å². The molecule has 106 valence electrons. The van der Waals surface area contributed by atoms with Crippen molar-refractivity contribution < 1.29 is 9.90 Å². The van der Waals surface area contributed by atoms with Gasteiger partial charge in [0.1, 0.15) is 5.56 Å². The summed E-state index contributed by atoms with van der Waals surface area (Å²) in [6.07, 6.45) is 1.54. The maximum absolute atomic E-state index is 12.0. The summed E-state index contributed by atoms with van der Waals surface area (Å²) in [5.74, 6) is -1.24. The Bertz CT molecular complexity index is 718. The number of carbonyl (C=O) groups is 1. The molecule has 0 bridgehead atoms. The van der Waals surface area contributed by atoms with Crippen LogP contribution in [0.25, 0.3) is 0 Å². The molecule has 2 rings (SSSR count). The zero-order chi connectivity index (χ0) is 14.9. The lowest BCUT2D eigenvalue weighted by Crippen LogP contribution is -2.26. The lowest BCUT2D eigenvalue weighted by Gasteiger charge is -2.08. The predicted molar refractivity (Wildman–Crippen MR) is 74.4 cm³/mol. The van der Waals surface area contributed by atoms with Gasteiger partial charge in [0, 0.05) is 12.7 Å². The molecular weight excluding hydrogens is 282 g/mol. The summed E-state index contributed by atoms with van der Waals surface area (Å²) in [5.41, 5.74) is 0.558. The van der Waals surface area contributed by atoms with E-state index in [1.165, 1.54) is 22.9 Å². The molecule has 0 fully saturated rings. The first-order valence-corrected chi connectivity index (χ1v) is 6.48. The summed E-state index contributed by atoms with van der Waals surface area (Å²) >= 11 is 6.18. The molecule has 0 atom stereocenters. The summed E-state index contributed by atoms with van der Waals surface area (Å²) in [6.45, 7) is 4.51. The minimum absolute atomic E-state index is 0.188. The number of hydrogen-bond acceptors (Lipinski definition) is 3. The van der Waals surface area contributed by atoms with E-state index in [0.717, 1.165) is 0 Å². The average Bonchev–Trinajstić information content (AvgIpc) is 2.68. The van der Waals surface area contributed by atoms with Crippen molar-refractivity contribution in [2.75, 3.05) is 0 Å². The topological polar surface area (TPSA) is 77.1 Å². The minimum Gasteiger partial charge on any atom is -0.477 e. The molecule has 0 saturated carbocycles. The number of rotatable bonds is 4. The Morgan fingerprint density at radius 3 is 2.80 bits per heavy atom. The molecule has 0 aliphatic carbocycles. The molecule has 0 spiro atoms. The number of carboxylic acids is 1. The third-order valence-corrected chi connectivity index (χ3v) is 3.52. The van der Waals surface area contributed by atoms with Crippen molar-refractivity contribution in [3.8, 4) is 0 Å². The maximum atomic E-state index is 12.0. The van der Waals surface area contributed by atoms with Crippen molar-refractivity contribution in [3.05, 3.63) is 50.7 Å². The molecule has 6 nitrogen and oxygen atoms in total. The fraction of sp³-hybridized carbons (Fsp3) is 0.308. The second-order valence-electron chi connectivity index (χ2n) is 4.32. The second kappa shape index (κ2) is 5.50. The van der Waals surface area contributed by atoms with Gasteiger partial charge in [-0.2, -0.15) is 5.10 Å². The van der Waals surface area contributed by atoms with Crippen molar-refractivity contribution in [1.29, 1.82) is 0 Å². The number of pyridine rings is 1. The largest absolute Gasteiger partial charge is 0.477 e. The van der Waals surface area contributed by atoms with Gasteiger partial charge in [0.2, 0.25) is 0 Å². The highest BCUT2D eigenvalue weighted by atomic mass is 35.5. The first-order valence-electron chi connectivity index (χ1n) is 6.10. The lowest BCUT2D eigenvalue weighted by atomic mass is 10.2. The van der Waals surface area contributed by atoms with Crippen LogP contribution in [-0.4, -0.2) is 25.4 Å². The SMILES string of the molecule is CCn1nc(C)c(Cl)c1Cn1cccc(C(=O)O)c1=O. The number of aromatic carboxylic acids is 1. The number of carboxylic acid groups (broad SMARTS) is 1. The van der Waals surface area contributed by atoms with Crippen molar-refractivity contribution in [2.24, 2.45) is 0 Å². The van der Waals surface area contributed by atoms with Gasteiger partial charge >= 0.3 is 5.97 Å². The molecule has 7 heteroatoms. The average molecular weight is 296 g/mol. The van der Waals surface area contributed by atoms with E-state index in [-0.39, 0.29) is 12.1 Å². The Balaban J connectivity index is 2.48. The maximum Gasteiger partial charge on any atom is 0.341 e. The van der Waals surface area contributed by atoms with Crippen molar-refractivity contribution in [2.45, 2.75) is 26.9 Å². The molecular formula is C13H14ClN3O3. The van der Waals surface area contributed by atoms with Crippen LogP contribution in [0.1, 0.15) is 28.7 Å². The molecule has 0 amide bonds. The summed E-state index contributed by atoms with van der Waals surface area (Å²) < 4.78 is 3.02. The van der Waals surface area contributed by atoms with Gasteiger partial charge in [-0.05, 0) is 26.0 Å². The van der Waals surface area contributed by atoms with Crippen LogP contribution >= 0.6 is 11.6 Å².